The molecule has 116 valence electrons. The van der Waals surface area contributed by atoms with E-state index >= 15 is 0 Å². The zero-order valence-corrected chi connectivity index (χ0v) is 12.2. The van der Waals surface area contributed by atoms with Crippen LogP contribution in [0.1, 0.15) is 21.5 Å². The van der Waals surface area contributed by atoms with Crippen LogP contribution in [0.3, 0.4) is 0 Å². The third-order valence-electron chi connectivity index (χ3n) is 3.16. The Kier molecular flexibility index (Phi) is 4.32. The monoisotopic (exact) mass is 328 g/mol. The number of amides is 1. The second-order valence-electron chi connectivity index (χ2n) is 4.66. The topological polar surface area (TPSA) is 55.1 Å². The molecule has 0 bridgehead atoms. The zero-order chi connectivity index (χ0) is 16.5. The van der Waals surface area contributed by atoms with Crippen LogP contribution in [0.15, 0.2) is 36.4 Å². The minimum absolute atomic E-state index is 0.0644. The molecule has 0 spiro atoms. The molecule has 2 aromatic rings. The molecule has 0 aliphatic heterocycles. The fourth-order valence-electron chi connectivity index (χ4n) is 1.95. The number of hydrogen-bond donors (Lipinski definition) is 2. The molecule has 3 N–H and O–H groups in total. The van der Waals surface area contributed by atoms with Crippen LogP contribution in [0.25, 0.3) is 0 Å². The maximum atomic E-state index is 13.0. The van der Waals surface area contributed by atoms with Gasteiger partial charge in [0.15, 0.2) is 0 Å². The zero-order valence-electron chi connectivity index (χ0n) is 11.5. The van der Waals surface area contributed by atoms with Gasteiger partial charge in [-0.1, -0.05) is 17.7 Å². The maximum Gasteiger partial charge on any atom is 0.418 e. The Balaban J connectivity index is 2.39. The molecular formula is C15H12ClF3N2O. The first-order valence-electron chi connectivity index (χ1n) is 6.23. The Morgan fingerprint density at radius 2 is 1.91 bits per heavy atom. The van der Waals surface area contributed by atoms with Crippen molar-refractivity contribution in [1.29, 1.82) is 0 Å². The Morgan fingerprint density at radius 3 is 2.55 bits per heavy atom. The molecule has 2 rings (SSSR count). The number of nitrogens with one attached hydrogen (secondary N) is 1. The number of nitrogens with two attached hydrogens (primary N) is 1. The first-order chi connectivity index (χ1) is 10.2. The van der Waals surface area contributed by atoms with Crippen LogP contribution >= 0.6 is 11.6 Å². The summed E-state index contributed by atoms with van der Waals surface area (Å²) in [5.41, 5.74) is 5.43. The highest BCUT2D eigenvalue weighted by molar-refractivity contribution is 6.30. The first-order valence-corrected chi connectivity index (χ1v) is 6.61. The van der Waals surface area contributed by atoms with E-state index in [-0.39, 0.29) is 16.3 Å². The molecule has 0 saturated carbocycles. The summed E-state index contributed by atoms with van der Waals surface area (Å²) in [6.07, 6.45) is -4.63. The van der Waals surface area contributed by atoms with Crippen molar-refractivity contribution in [3.8, 4) is 0 Å². The summed E-state index contributed by atoms with van der Waals surface area (Å²) >= 11 is 5.59. The predicted molar refractivity (Wildman–Crippen MR) is 80.0 cm³/mol. The largest absolute Gasteiger partial charge is 0.418 e. The van der Waals surface area contributed by atoms with E-state index in [1.54, 1.807) is 19.1 Å². The third kappa shape index (κ3) is 3.33. The van der Waals surface area contributed by atoms with Crippen LogP contribution in [0.4, 0.5) is 24.5 Å². The Morgan fingerprint density at radius 1 is 1.23 bits per heavy atom. The summed E-state index contributed by atoms with van der Waals surface area (Å²) < 4.78 is 39.0. The van der Waals surface area contributed by atoms with Crippen molar-refractivity contribution in [1.82, 2.24) is 0 Å². The van der Waals surface area contributed by atoms with Crippen LogP contribution in [0.2, 0.25) is 5.02 Å². The summed E-state index contributed by atoms with van der Waals surface area (Å²) in [4.78, 5) is 12.2. The highest BCUT2D eigenvalue weighted by atomic mass is 35.5. The van der Waals surface area contributed by atoms with E-state index in [0.29, 0.717) is 11.3 Å². The quantitative estimate of drug-likeness (QED) is 0.797. The fourth-order valence-corrected chi connectivity index (χ4v) is 2.12. The summed E-state index contributed by atoms with van der Waals surface area (Å²) in [6.45, 7) is 1.62. The van der Waals surface area contributed by atoms with Gasteiger partial charge in [-0.05, 0) is 42.8 Å². The lowest BCUT2D eigenvalue weighted by Crippen LogP contribution is -2.18. The Hall–Kier alpha value is -2.21. The molecule has 0 atom stereocenters. The molecule has 0 fully saturated rings. The van der Waals surface area contributed by atoms with E-state index < -0.39 is 17.6 Å². The third-order valence-corrected chi connectivity index (χ3v) is 3.39. The van der Waals surface area contributed by atoms with Gasteiger partial charge < -0.3 is 11.1 Å². The van der Waals surface area contributed by atoms with Crippen molar-refractivity contribution in [3.63, 3.8) is 0 Å². The number of alkyl halides is 3. The van der Waals surface area contributed by atoms with E-state index in [1.165, 1.54) is 12.1 Å². The molecular weight excluding hydrogens is 317 g/mol. The average Bonchev–Trinajstić information content (AvgIpc) is 2.42. The van der Waals surface area contributed by atoms with Crippen molar-refractivity contribution in [2.45, 2.75) is 13.1 Å². The average molecular weight is 329 g/mol. The van der Waals surface area contributed by atoms with Crippen molar-refractivity contribution in [2.24, 2.45) is 0 Å². The standard InChI is InChI=1S/C15H12ClF3N2O/c1-8-10(3-2-4-12(8)20)14(22)21-13-6-5-9(16)7-11(13)15(17,18)19/h2-7H,20H2,1H3,(H,21,22). The molecule has 0 radical (unpaired) electrons. The van der Waals surface area contributed by atoms with Gasteiger partial charge in [-0.15, -0.1) is 0 Å². The molecule has 0 unspecified atom stereocenters. The van der Waals surface area contributed by atoms with E-state index in [2.05, 4.69) is 5.32 Å². The molecule has 0 aromatic heterocycles. The number of carbonyl (C=O) groups excluding carboxylic acids is 1. The fraction of sp³-hybridized carbons (Fsp3) is 0.133. The normalized spacial score (nSPS) is 11.3. The highest BCUT2D eigenvalue weighted by Crippen LogP contribution is 2.36. The van der Waals surface area contributed by atoms with Gasteiger partial charge in [0.25, 0.3) is 5.91 Å². The molecule has 22 heavy (non-hydrogen) atoms. The molecule has 0 aliphatic rings. The van der Waals surface area contributed by atoms with Gasteiger partial charge in [0, 0.05) is 16.3 Å². The summed E-state index contributed by atoms with van der Waals surface area (Å²) in [5, 5.41) is 2.19. The van der Waals surface area contributed by atoms with Gasteiger partial charge in [0.05, 0.1) is 11.3 Å². The minimum Gasteiger partial charge on any atom is -0.398 e. The van der Waals surface area contributed by atoms with Gasteiger partial charge in [0.1, 0.15) is 0 Å². The number of rotatable bonds is 2. The number of anilines is 2. The number of hydrogen-bond acceptors (Lipinski definition) is 2. The van der Waals surface area contributed by atoms with Crippen LogP contribution in [-0.2, 0) is 6.18 Å². The molecule has 0 aliphatic carbocycles. The smallest absolute Gasteiger partial charge is 0.398 e. The molecule has 1 amide bonds. The predicted octanol–water partition coefficient (Wildman–Crippen LogP) is 4.50. The lowest BCUT2D eigenvalue weighted by atomic mass is 10.1. The lowest BCUT2D eigenvalue weighted by Gasteiger charge is -2.15. The Labute approximate surface area is 129 Å². The van der Waals surface area contributed by atoms with Gasteiger partial charge in [-0.3, -0.25) is 4.79 Å². The van der Waals surface area contributed by atoms with Crippen LogP contribution < -0.4 is 11.1 Å². The summed E-state index contributed by atoms with van der Waals surface area (Å²) in [5.74, 6) is -0.669. The highest BCUT2D eigenvalue weighted by Gasteiger charge is 2.34. The van der Waals surface area contributed by atoms with Crippen LogP contribution in [0, 0.1) is 6.92 Å². The van der Waals surface area contributed by atoms with E-state index in [1.807, 2.05) is 0 Å². The van der Waals surface area contributed by atoms with Gasteiger partial charge >= 0.3 is 6.18 Å². The number of benzene rings is 2. The van der Waals surface area contributed by atoms with Crippen molar-refractivity contribution in [2.75, 3.05) is 11.1 Å². The number of carbonyl (C=O) groups is 1. The maximum absolute atomic E-state index is 13.0. The van der Waals surface area contributed by atoms with Crippen LogP contribution in [-0.4, -0.2) is 5.91 Å². The molecule has 7 heteroatoms. The summed E-state index contributed by atoms with van der Waals surface area (Å²) in [7, 11) is 0. The second kappa shape index (κ2) is 5.88. The molecule has 0 saturated heterocycles. The molecule has 3 nitrogen and oxygen atoms in total. The van der Waals surface area contributed by atoms with Crippen molar-refractivity contribution < 1.29 is 18.0 Å². The lowest BCUT2D eigenvalue weighted by molar-refractivity contribution is -0.136. The van der Waals surface area contributed by atoms with Crippen LogP contribution in [0.5, 0.6) is 0 Å². The first kappa shape index (κ1) is 16.2. The number of halogens is 4. The number of nitrogen functional groups attached to an aromatic ring is 1. The Bertz CT molecular complexity index is 729. The van der Waals surface area contributed by atoms with Gasteiger partial charge in [0.2, 0.25) is 0 Å². The minimum atomic E-state index is -4.63. The SMILES string of the molecule is Cc1c(N)cccc1C(=O)Nc1ccc(Cl)cc1C(F)(F)F. The summed E-state index contributed by atoms with van der Waals surface area (Å²) in [6, 6.07) is 7.82. The van der Waals surface area contributed by atoms with Crippen molar-refractivity contribution in [3.05, 3.63) is 58.1 Å². The van der Waals surface area contributed by atoms with E-state index in [9.17, 15) is 18.0 Å². The van der Waals surface area contributed by atoms with Gasteiger partial charge in [-0.2, -0.15) is 13.2 Å². The second-order valence-corrected chi connectivity index (χ2v) is 5.10. The molecule has 0 heterocycles. The van der Waals surface area contributed by atoms with E-state index in [0.717, 1.165) is 12.1 Å². The molecule has 2 aromatic carbocycles. The van der Waals surface area contributed by atoms with Gasteiger partial charge in [-0.25, -0.2) is 0 Å². The van der Waals surface area contributed by atoms with Crippen molar-refractivity contribution >= 4 is 28.9 Å². The van der Waals surface area contributed by atoms with E-state index in [4.69, 9.17) is 17.3 Å².